The molecule has 0 aliphatic heterocycles. The normalized spacial score (nSPS) is 11.5. The lowest BCUT2D eigenvalue weighted by atomic mass is 10.2. The number of anilines is 1. The van der Waals surface area contributed by atoms with Gasteiger partial charge >= 0.3 is 5.69 Å². The van der Waals surface area contributed by atoms with Crippen LogP contribution < -0.4 is 15.7 Å². The fourth-order valence-corrected chi connectivity index (χ4v) is 4.04. The van der Waals surface area contributed by atoms with Crippen molar-refractivity contribution in [1.29, 1.82) is 0 Å². The zero-order chi connectivity index (χ0) is 21.1. The van der Waals surface area contributed by atoms with E-state index in [1.807, 2.05) is 30.3 Å². The third-order valence-corrected chi connectivity index (χ3v) is 5.89. The molecule has 8 nitrogen and oxygen atoms in total. The molecule has 0 saturated heterocycles. The fraction of sp³-hybridized carbons (Fsp3) is 0.0476. The smallest absolute Gasteiger partial charge is 0.322 e. The Morgan fingerprint density at radius 2 is 1.63 bits per heavy atom. The molecule has 0 aliphatic carbocycles. The van der Waals surface area contributed by atoms with Gasteiger partial charge in [0, 0.05) is 17.8 Å². The Balaban J connectivity index is 1.51. The monoisotopic (exact) mass is 422 g/mol. The number of carbonyl (C=O) groups is 1. The average molecular weight is 422 g/mol. The zero-order valence-electron chi connectivity index (χ0n) is 15.7. The molecule has 9 heteroatoms. The molecule has 0 atom stereocenters. The number of nitrogens with one attached hydrogen (secondary N) is 4. The lowest BCUT2D eigenvalue weighted by molar-refractivity contribution is 0.102. The van der Waals surface area contributed by atoms with Crippen molar-refractivity contribution in [3.05, 3.63) is 94.4 Å². The van der Waals surface area contributed by atoms with E-state index in [4.69, 9.17) is 0 Å². The van der Waals surface area contributed by atoms with E-state index in [1.54, 1.807) is 18.2 Å². The van der Waals surface area contributed by atoms with Gasteiger partial charge in [0.1, 0.15) is 0 Å². The van der Waals surface area contributed by atoms with E-state index in [1.165, 1.54) is 24.3 Å². The van der Waals surface area contributed by atoms with Crippen LogP contribution in [-0.4, -0.2) is 24.3 Å². The summed E-state index contributed by atoms with van der Waals surface area (Å²) in [5.41, 5.74) is 2.33. The molecule has 4 N–H and O–H groups in total. The van der Waals surface area contributed by atoms with Crippen LogP contribution in [0.4, 0.5) is 5.69 Å². The highest BCUT2D eigenvalue weighted by molar-refractivity contribution is 7.89. The number of fused-ring (bicyclic) bond motifs is 1. The highest BCUT2D eigenvalue weighted by atomic mass is 32.2. The summed E-state index contributed by atoms with van der Waals surface area (Å²) in [6.07, 6.45) is 0. The van der Waals surface area contributed by atoms with Crippen LogP contribution in [0.3, 0.4) is 0 Å². The molecule has 4 aromatic rings. The molecule has 30 heavy (non-hydrogen) atoms. The number of aromatic nitrogens is 2. The van der Waals surface area contributed by atoms with E-state index in [9.17, 15) is 18.0 Å². The summed E-state index contributed by atoms with van der Waals surface area (Å²) in [5.74, 6) is -0.465. The zero-order valence-corrected chi connectivity index (χ0v) is 16.5. The Morgan fingerprint density at radius 1 is 0.867 bits per heavy atom. The van der Waals surface area contributed by atoms with Crippen molar-refractivity contribution in [3.8, 4) is 0 Å². The standard InChI is InChI=1S/C21H18N4O4S/c26-20(23-16-9-10-18-19(12-16)25-21(27)24-18)15-7-4-8-17(11-15)30(28,29)22-13-14-5-2-1-3-6-14/h1-12,22H,13H2,(H,23,26)(H2,24,25,27). The van der Waals surface area contributed by atoms with E-state index < -0.39 is 15.9 Å². The molecule has 0 saturated carbocycles. The molecule has 0 fully saturated rings. The van der Waals surface area contributed by atoms with Gasteiger partial charge in [-0.3, -0.25) is 4.79 Å². The first-order valence-electron chi connectivity index (χ1n) is 9.08. The number of amides is 1. The van der Waals surface area contributed by atoms with Crippen molar-refractivity contribution < 1.29 is 13.2 Å². The highest BCUT2D eigenvalue weighted by Gasteiger charge is 2.16. The molecular formula is C21H18N4O4S. The largest absolute Gasteiger partial charge is 0.323 e. The first kappa shape index (κ1) is 19.6. The number of hydrogen-bond donors (Lipinski definition) is 4. The Morgan fingerprint density at radius 3 is 2.43 bits per heavy atom. The highest BCUT2D eigenvalue weighted by Crippen LogP contribution is 2.17. The van der Waals surface area contributed by atoms with Crippen molar-refractivity contribution in [2.75, 3.05) is 5.32 Å². The van der Waals surface area contributed by atoms with Gasteiger partial charge < -0.3 is 15.3 Å². The number of imidazole rings is 1. The van der Waals surface area contributed by atoms with E-state index in [2.05, 4.69) is 20.0 Å². The van der Waals surface area contributed by atoms with E-state index >= 15 is 0 Å². The Kier molecular flexibility index (Phi) is 5.21. The van der Waals surface area contributed by atoms with Gasteiger partial charge in [0.2, 0.25) is 10.0 Å². The molecule has 1 aromatic heterocycles. The minimum absolute atomic E-state index is 0.00324. The maximum atomic E-state index is 12.6. The molecule has 0 spiro atoms. The second-order valence-corrected chi connectivity index (χ2v) is 8.40. The van der Waals surface area contributed by atoms with Crippen LogP contribution in [0.5, 0.6) is 0 Å². The Labute approximate surface area is 172 Å². The number of benzene rings is 3. The Bertz CT molecular complexity index is 1370. The minimum Gasteiger partial charge on any atom is -0.322 e. The van der Waals surface area contributed by atoms with Crippen LogP contribution in [-0.2, 0) is 16.6 Å². The number of rotatable bonds is 6. The van der Waals surface area contributed by atoms with Gasteiger partial charge in [0.05, 0.1) is 15.9 Å². The van der Waals surface area contributed by atoms with E-state index in [0.29, 0.717) is 16.7 Å². The van der Waals surface area contributed by atoms with Crippen LogP contribution >= 0.6 is 0 Å². The average Bonchev–Trinajstić information content (AvgIpc) is 3.12. The van der Waals surface area contributed by atoms with Crippen molar-refractivity contribution >= 4 is 32.7 Å². The minimum atomic E-state index is -3.79. The molecule has 1 heterocycles. The van der Waals surface area contributed by atoms with Gasteiger partial charge in [-0.05, 0) is 42.0 Å². The molecule has 4 rings (SSSR count). The summed E-state index contributed by atoms with van der Waals surface area (Å²) in [4.78, 5) is 29.2. The van der Waals surface area contributed by atoms with Gasteiger partial charge in [-0.2, -0.15) is 0 Å². The number of hydrogen-bond acceptors (Lipinski definition) is 4. The van der Waals surface area contributed by atoms with Crippen molar-refractivity contribution in [1.82, 2.24) is 14.7 Å². The van der Waals surface area contributed by atoms with Crippen LogP contribution in [0.1, 0.15) is 15.9 Å². The fourth-order valence-electron chi connectivity index (χ4n) is 2.98. The summed E-state index contributed by atoms with van der Waals surface area (Å²) in [7, 11) is -3.79. The summed E-state index contributed by atoms with van der Waals surface area (Å²) in [6.45, 7) is 0.147. The quantitative estimate of drug-likeness (QED) is 0.381. The molecule has 1 amide bonds. The van der Waals surface area contributed by atoms with Crippen LogP contribution in [0, 0.1) is 0 Å². The van der Waals surface area contributed by atoms with Crippen LogP contribution in [0.15, 0.2) is 82.5 Å². The summed E-state index contributed by atoms with van der Waals surface area (Å²) >= 11 is 0. The molecule has 0 aliphatic rings. The lowest BCUT2D eigenvalue weighted by Crippen LogP contribution is -2.23. The van der Waals surface area contributed by atoms with E-state index in [0.717, 1.165) is 5.56 Å². The van der Waals surface area contributed by atoms with Crippen molar-refractivity contribution in [2.45, 2.75) is 11.4 Å². The molecular weight excluding hydrogens is 404 g/mol. The Hall–Kier alpha value is -3.69. The maximum absolute atomic E-state index is 12.6. The predicted molar refractivity (Wildman–Crippen MR) is 114 cm³/mol. The molecule has 0 bridgehead atoms. The predicted octanol–water partition coefficient (Wildman–Crippen LogP) is 2.59. The maximum Gasteiger partial charge on any atom is 0.323 e. The van der Waals surface area contributed by atoms with Gasteiger partial charge in [0.25, 0.3) is 5.91 Å². The van der Waals surface area contributed by atoms with Gasteiger partial charge in [-0.25, -0.2) is 17.9 Å². The van der Waals surface area contributed by atoms with E-state index in [-0.39, 0.29) is 22.7 Å². The van der Waals surface area contributed by atoms with Crippen LogP contribution in [0.25, 0.3) is 11.0 Å². The van der Waals surface area contributed by atoms with Crippen LogP contribution in [0.2, 0.25) is 0 Å². The molecule has 0 unspecified atom stereocenters. The number of sulfonamides is 1. The number of aromatic amines is 2. The third kappa shape index (κ3) is 4.32. The number of H-pyrrole nitrogens is 2. The SMILES string of the molecule is O=C(Nc1ccc2[nH]c(=O)[nH]c2c1)c1cccc(S(=O)(=O)NCc2ccccc2)c1. The van der Waals surface area contributed by atoms with Gasteiger partial charge in [-0.15, -0.1) is 0 Å². The molecule has 0 radical (unpaired) electrons. The lowest BCUT2D eigenvalue weighted by Gasteiger charge is -2.09. The molecule has 3 aromatic carbocycles. The topological polar surface area (TPSA) is 124 Å². The first-order chi connectivity index (χ1) is 14.4. The summed E-state index contributed by atoms with van der Waals surface area (Å²) in [5, 5.41) is 2.71. The van der Waals surface area contributed by atoms with Gasteiger partial charge in [0.15, 0.2) is 0 Å². The number of carbonyl (C=O) groups excluding carboxylic acids is 1. The van der Waals surface area contributed by atoms with Crippen molar-refractivity contribution in [3.63, 3.8) is 0 Å². The molecule has 152 valence electrons. The second kappa shape index (κ2) is 7.97. The first-order valence-corrected chi connectivity index (χ1v) is 10.6. The summed E-state index contributed by atoms with van der Waals surface area (Å²) in [6, 6.07) is 19.9. The summed E-state index contributed by atoms with van der Waals surface area (Å²) < 4.78 is 27.7. The van der Waals surface area contributed by atoms with Crippen molar-refractivity contribution in [2.24, 2.45) is 0 Å². The second-order valence-electron chi connectivity index (χ2n) is 6.63. The van der Waals surface area contributed by atoms with Gasteiger partial charge in [-0.1, -0.05) is 36.4 Å². The third-order valence-electron chi connectivity index (χ3n) is 4.49.